The minimum absolute atomic E-state index is 0.131. The van der Waals surface area contributed by atoms with Crippen LogP contribution in [-0.4, -0.2) is 61.1 Å². The molecule has 0 aromatic heterocycles. The number of nitrogens with one attached hydrogen (secondary N) is 1. The molecule has 1 aliphatic rings. The molecule has 0 aliphatic carbocycles. The first-order valence-corrected chi connectivity index (χ1v) is 8.31. The summed E-state index contributed by atoms with van der Waals surface area (Å²) in [7, 11) is 0. The second-order valence-corrected chi connectivity index (χ2v) is 5.68. The molecule has 1 N–H and O–H groups in total. The Balaban J connectivity index is 2.86. The van der Waals surface area contributed by atoms with E-state index < -0.39 is 23.4 Å². The lowest BCUT2D eigenvalue weighted by molar-refractivity contribution is -0.168. The molecular formula is C16H28N2O5. The molecule has 1 rings (SSSR count). The zero-order chi connectivity index (χ0) is 17.3. The molecule has 1 aliphatic heterocycles. The molecule has 132 valence electrons. The predicted octanol–water partition coefficient (Wildman–Crippen LogP) is 0.864. The van der Waals surface area contributed by atoms with Crippen LogP contribution in [0, 0.1) is 0 Å². The van der Waals surface area contributed by atoms with Gasteiger partial charge in [-0.05, 0) is 59.2 Å². The number of carbonyl (C=O) groups excluding carboxylic acids is 3. The van der Waals surface area contributed by atoms with E-state index in [-0.39, 0.29) is 19.6 Å². The largest absolute Gasteiger partial charge is 0.464 e. The summed E-state index contributed by atoms with van der Waals surface area (Å²) in [5.41, 5.74) is -1.75. The third-order valence-electron chi connectivity index (χ3n) is 3.86. The molecule has 0 spiro atoms. The molecule has 0 radical (unpaired) electrons. The summed E-state index contributed by atoms with van der Waals surface area (Å²) in [4.78, 5) is 38.6. The number of carbonyl (C=O) groups is 3. The fourth-order valence-electron chi connectivity index (χ4n) is 2.84. The first kappa shape index (κ1) is 19.4. The number of esters is 2. The molecule has 1 amide bonds. The van der Waals surface area contributed by atoms with Crippen molar-refractivity contribution in [1.29, 1.82) is 0 Å². The van der Waals surface area contributed by atoms with Crippen LogP contribution in [0.1, 0.15) is 46.5 Å². The van der Waals surface area contributed by atoms with E-state index in [1.54, 1.807) is 13.8 Å². The van der Waals surface area contributed by atoms with Crippen molar-refractivity contribution in [3.63, 3.8) is 0 Å². The maximum Gasteiger partial charge on any atom is 0.343 e. The Morgan fingerprint density at radius 3 is 2.00 bits per heavy atom. The highest BCUT2D eigenvalue weighted by molar-refractivity contribution is 6.07. The monoisotopic (exact) mass is 328 g/mol. The lowest BCUT2D eigenvalue weighted by atomic mass is 9.92. The number of rotatable bonds is 9. The number of likely N-dealkylation sites (tertiary alicyclic amines) is 1. The highest BCUT2D eigenvalue weighted by Crippen LogP contribution is 2.20. The van der Waals surface area contributed by atoms with Gasteiger partial charge in [0, 0.05) is 6.92 Å². The van der Waals surface area contributed by atoms with Crippen molar-refractivity contribution in [2.45, 2.75) is 52.0 Å². The van der Waals surface area contributed by atoms with Crippen molar-refractivity contribution in [2.24, 2.45) is 0 Å². The first-order chi connectivity index (χ1) is 11.0. The van der Waals surface area contributed by atoms with E-state index in [4.69, 9.17) is 9.47 Å². The summed E-state index contributed by atoms with van der Waals surface area (Å²) in [5, 5.41) is 2.48. The van der Waals surface area contributed by atoms with Gasteiger partial charge in [-0.1, -0.05) is 0 Å². The summed E-state index contributed by atoms with van der Waals surface area (Å²) >= 11 is 0. The quantitative estimate of drug-likeness (QED) is 0.499. The molecule has 1 saturated heterocycles. The topological polar surface area (TPSA) is 84.9 Å². The van der Waals surface area contributed by atoms with Gasteiger partial charge >= 0.3 is 11.9 Å². The Labute approximate surface area is 137 Å². The van der Waals surface area contributed by atoms with Crippen molar-refractivity contribution in [3.05, 3.63) is 0 Å². The fraction of sp³-hybridized carbons (Fsp3) is 0.812. The SMILES string of the molecule is CCOC(=O)C(CCCN1CCCC1)(NC(C)=O)C(=O)OCC. The minimum atomic E-state index is -1.75. The Hall–Kier alpha value is -1.63. The maximum atomic E-state index is 12.4. The van der Waals surface area contributed by atoms with Crippen molar-refractivity contribution in [3.8, 4) is 0 Å². The van der Waals surface area contributed by atoms with E-state index in [1.165, 1.54) is 19.8 Å². The van der Waals surface area contributed by atoms with E-state index in [0.717, 1.165) is 19.6 Å². The van der Waals surface area contributed by atoms with E-state index in [0.29, 0.717) is 6.42 Å². The zero-order valence-corrected chi connectivity index (χ0v) is 14.4. The van der Waals surface area contributed by atoms with E-state index in [2.05, 4.69) is 10.2 Å². The number of hydrogen-bond donors (Lipinski definition) is 1. The maximum absolute atomic E-state index is 12.4. The highest BCUT2D eigenvalue weighted by atomic mass is 16.6. The molecule has 1 heterocycles. The second kappa shape index (κ2) is 9.50. The normalized spacial score (nSPS) is 15.3. The van der Waals surface area contributed by atoms with Gasteiger partial charge in [0.05, 0.1) is 13.2 Å². The number of amides is 1. The van der Waals surface area contributed by atoms with Crippen LogP contribution in [0.15, 0.2) is 0 Å². The standard InChI is InChI=1S/C16H28N2O5/c1-4-22-14(20)16(17-13(3)19,15(21)23-5-2)9-8-12-18-10-6-7-11-18/h4-12H2,1-3H3,(H,17,19). The van der Waals surface area contributed by atoms with Crippen molar-refractivity contribution in [2.75, 3.05) is 32.8 Å². The van der Waals surface area contributed by atoms with Gasteiger partial charge in [0.2, 0.25) is 11.4 Å². The molecule has 1 fully saturated rings. The van der Waals surface area contributed by atoms with Crippen LogP contribution in [-0.2, 0) is 23.9 Å². The molecule has 0 aromatic rings. The summed E-state index contributed by atoms with van der Waals surface area (Å²) in [5.74, 6) is -1.97. The molecule has 0 saturated carbocycles. The molecule has 7 heteroatoms. The van der Waals surface area contributed by atoms with Crippen molar-refractivity contribution < 1.29 is 23.9 Å². The Kier molecular flexibility index (Phi) is 8.02. The summed E-state index contributed by atoms with van der Waals surface area (Å²) in [6.07, 6.45) is 3.11. The number of hydrogen-bond acceptors (Lipinski definition) is 6. The van der Waals surface area contributed by atoms with Crippen LogP contribution in [0.4, 0.5) is 0 Å². The molecule has 7 nitrogen and oxygen atoms in total. The van der Waals surface area contributed by atoms with Gasteiger partial charge in [0.25, 0.3) is 0 Å². The predicted molar refractivity (Wildman–Crippen MR) is 84.7 cm³/mol. The smallest absolute Gasteiger partial charge is 0.343 e. The summed E-state index contributed by atoms with van der Waals surface area (Å²) < 4.78 is 10.1. The molecule has 0 aromatic carbocycles. The fourth-order valence-corrected chi connectivity index (χ4v) is 2.84. The zero-order valence-electron chi connectivity index (χ0n) is 14.4. The number of ether oxygens (including phenoxy) is 2. The molecule has 0 unspecified atom stereocenters. The summed E-state index contributed by atoms with van der Waals surface area (Å²) in [6.45, 7) is 7.70. The van der Waals surface area contributed by atoms with Gasteiger partial charge in [0.1, 0.15) is 0 Å². The Morgan fingerprint density at radius 2 is 1.57 bits per heavy atom. The lowest BCUT2D eigenvalue weighted by Gasteiger charge is -2.30. The average Bonchev–Trinajstić information content (AvgIpc) is 2.99. The summed E-state index contributed by atoms with van der Waals surface area (Å²) in [6, 6.07) is 0. The van der Waals surface area contributed by atoms with Crippen molar-refractivity contribution in [1.82, 2.24) is 10.2 Å². The minimum Gasteiger partial charge on any atom is -0.464 e. The molecular weight excluding hydrogens is 300 g/mol. The lowest BCUT2D eigenvalue weighted by Crippen LogP contribution is -2.61. The van der Waals surface area contributed by atoms with E-state index >= 15 is 0 Å². The van der Waals surface area contributed by atoms with Gasteiger partial charge in [0.15, 0.2) is 0 Å². The second-order valence-electron chi connectivity index (χ2n) is 5.68. The van der Waals surface area contributed by atoms with Crippen LogP contribution in [0.25, 0.3) is 0 Å². The van der Waals surface area contributed by atoms with Gasteiger partial charge in [-0.15, -0.1) is 0 Å². The average molecular weight is 328 g/mol. The van der Waals surface area contributed by atoms with Crippen LogP contribution < -0.4 is 5.32 Å². The van der Waals surface area contributed by atoms with Crippen LogP contribution in [0.3, 0.4) is 0 Å². The van der Waals surface area contributed by atoms with Crippen LogP contribution >= 0.6 is 0 Å². The number of nitrogens with zero attached hydrogens (tertiary/aromatic N) is 1. The Morgan fingerprint density at radius 1 is 1.04 bits per heavy atom. The first-order valence-electron chi connectivity index (χ1n) is 8.31. The molecule has 23 heavy (non-hydrogen) atoms. The van der Waals surface area contributed by atoms with Crippen molar-refractivity contribution >= 4 is 17.8 Å². The Bertz CT molecular complexity index is 401. The van der Waals surface area contributed by atoms with E-state index in [9.17, 15) is 14.4 Å². The molecule has 0 atom stereocenters. The van der Waals surface area contributed by atoms with Gasteiger partial charge in [-0.2, -0.15) is 0 Å². The molecule has 0 bridgehead atoms. The van der Waals surface area contributed by atoms with Gasteiger partial charge in [-0.25, -0.2) is 9.59 Å². The third-order valence-corrected chi connectivity index (χ3v) is 3.86. The highest BCUT2D eigenvalue weighted by Gasteiger charge is 2.49. The van der Waals surface area contributed by atoms with Gasteiger partial charge in [-0.3, -0.25) is 4.79 Å². The van der Waals surface area contributed by atoms with Crippen LogP contribution in [0.2, 0.25) is 0 Å². The van der Waals surface area contributed by atoms with Gasteiger partial charge < -0.3 is 19.7 Å². The third kappa shape index (κ3) is 5.49. The van der Waals surface area contributed by atoms with E-state index in [1.807, 2.05) is 0 Å². The van der Waals surface area contributed by atoms with Crippen LogP contribution in [0.5, 0.6) is 0 Å².